The number of halogens is 2. The third kappa shape index (κ3) is 5.62. The minimum atomic E-state index is -3.97. The lowest BCUT2D eigenvalue weighted by Gasteiger charge is -2.21. The molecule has 1 aromatic carbocycles. The first-order valence-electron chi connectivity index (χ1n) is 6.02. The van der Waals surface area contributed by atoms with Crippen LogP contribution in [0.2, 0.25) is 0 Å². The minimum absolute atomic E-state index is 0.119. The second-order valence-corrected chi connectivity index (χ2v) is 6.70. The van der Waals surface area contributed by atoms with E-state index in [9.17, 15) is 17.2 Å². The van der Waals surface area contributed by atoms with Crippen molar-refractivity contribution in [1.82, 2.24) is 4.31 Å². The normalized spacial score (nSPS) is 12.0. The van der Waals surface area contributed by atoms with Crippen LogP contribution in [0.3, 0.4) is 0 Å². The molecule has 0 saturated carbocycles. The third-order valence-corrected chi connectivity index (χ3v) is 4.70. The third-order valence-electron chi connectivity index (χ3n) is 2.65. The number of sulfonamides is 1. The van der Waals surface area contributed by atoms with Gasteiger partial charge >= 0.3 is 0 Å². The summed E-state index contributed by atoms with van der Waals surface area (Å²) in [6, 6.07) is 6.25. The van der Waals surface area contributed by atoms with Crippen LogP contribution >= 0.6 is 12.2 Å². The Morgan fingerprint density at radius 1 is 1.43 bits per heavy atom. The molecule has 1 rings (SSSR count). The molecule has 0 aliphatic heterocycles. The van der Waals surface area contributed by atoms with Gasteiger partial charge in [-0.15, -0.1) is 0 Å². The van der Waals surface area contributed by atoms with Gasteiger partial charge in [0.25, 0.3) is 6.43 Å². The molecule has 0 saturated heterocycles. The summed E-state index contributed by atoms with van der Waals surface area (Å²) in [5.74, 6) is -0.462. The van der Waals surface area contributed by atoms with E-state index in [1.807, 2.05) is 0 Å². The Bertz CT molecular complexity index is 594. The zero-order valence-electron chi connectivity index (χ0n) is 11.1. The van der Waals surface area contributed by atoms with Crippen LogP contribution in [0.25, 0.3) is 0 Å². The van der Waals surface area contributed by atoms with Crippen molar-refractivity contribution in [2.75, 3.05) is 19.7 Å². The molecule has 1 aromatic rings. The molecular formula is C12H16F2N2O3S2. The van der Waals surface area contributed by atoms with Gasteiger partial charge < -0.3 is 10.8 Å². The molecule has 118 valence electrons. The first kappa shape index (κ1) is 17.9. The highest BCUT2D eigenvalue weighted by Gasteiger charge is 2.25. The highest BCUT2D eigenvalue weighted by molar-refractivity contribution is 7.88. The van der Waals surface area contributed by atoms with Crippen molar-refractivity contribution < 1.29 is 22.3 Å². The monoisotopic (exact) mass is 338 g/mol. The fraction of sp³-hybridized carbons (Fsp3) is 0.417. The number of aliphatic hydroxyl groups is 1. The number of thiocarbonyl (C=S) groups is 1. The molecule has 0 spiro atoms. The van der Waals surface area contributed by atoms with Gasteiger partial charge in [-0.25, -0.2) is 17.2 Å². The summed E-state index contributed by atoms with van der Waals surface area (Å²) in [4.78, 5) is 0.119. The SMILES string of the molecule is NC(=S)c1cccc(CS(=O)(=O)N(CCO)CC(F)F)c1. The average Bonchev–Trinajstić information content (AvgIpc) is 2.37. The average molecular weight is 338 g/mol. The van der Waals surface area contributed by atoms with E-state index in [1.54, 1.807) is 18.2 Å². The van der Waals surface area contributed by atoms with E-state index >= 15 is 0 Å². The Labute approximate surface area is 127 Å². The van der Waals surface area contributed by atoms with Gasteiger partial charge in [0.2, 0.25) is 10.0 Å². The summed E-state index contributed by atoms with van der Waals surface area (Å²) in [7, 11) is -3.97. The maximum absolute atomic E-state index is 12.4. The van der Waals surface area contributed by atoms with Crippen LogP contribution in [0.5, 0.6) is 0 Å². The maximum atomic E-state index is 12.4. The molecular weight excluding hydrogens is 322 g/mol. The van der Waals surface area contributed by atoms with E-state index in [2.05, 4.69) is 0 Å². The number of benzene rings is 1. The molecule has 0 fully saturated rings. The predicted octanol–water partition coefficient (Wildman–Crippen LogP) is 0.710. The molecule has 0 aliphatic rings. The zero-order valence-corrected chi connectivity index (χ0v) is 12.7. The van der Waals surface area contributed by atoms with Gasteiger partial charge in [0.1, 0.15) is 4.99 Å². The van der Waals surface area contributed by atoms with Gasteiger partial charge in [-0.1, -0.05) is 30.4 Å². The number of alkyl halides is 2. The number of hydrogen-bond acceptors (Lipinski definition) is 4. The van der Waals surface area contributed by atoms with Crippen LogP contribution in [-0.4, -0.2) is 48.9 Å². The fourth-order valence-corrected chi connectivity index (χ4v) is 3.34. The standard InChI is InChI=1S/C12H16F2N2O3S2/c13-11(14)7-16(4-5-17)21(18,19)8-9-2-1-3-10(6-9)12(15)20/h1-3,6,11,17H,4-5,7-8H2,(H2,15,20). The number of hydrogen-bond donors (Lipinski definition) is 2. The molecule has 3 N–H and O–H groups in total. The number of nitrogens with zero attached hydrogens (tertiary/aromatic N) is 1. The van der Waals surface area contributed by atoms with Crippen molar-refractivity contribution in [3.05, 3.63) is 35.4 Å². The summed E-state index contributed by atoms with van der Waals surface area (Å²) in [5.41, 5.74) is 6.35. The zero-order chi connectivity index (χ0) is 16.0. The van der Waals surface area contributed by atoms with Crippen molar-refractivity contribution in [3.63, 3.8) is 0 Å². The van der Waals surface area contributed by atoms with Crippen LogP contribution in [-0.2, 0) is 15.8 Å². The van der Waals surface area contributed by atoms with E-state index in [1.165, 1.54) is 6.07 Å². The smallest absolute Gasteiger partial charge is 0.252 e. The van der Waals surface area contributed by atoms with Crippen LogP contribution in [0.1, 0.15) is 11.1 Å². The Balaban J connectivity index is 2.96. The first-order chi connectivity index (χ1) is 9.76. The highest BCUT2D eigenvalue weighted by atomic mass is 32.2. The van der Waals surface area contributed by atoms with Crippen LogP contribution in [0.4, 0.5) is 8.78 Å². The van der Waals surface area contributed by atoms with Crippen molar-refractivity contribution in [3.8, 4) is 0 Å². The summed E-state index contributed by atoms with van der Waals surface area (Å²) in [6.45, 7) is -1.85. The molecule has 0 aromatic heterocycles. The maximum Gasteiger partial charge on any atom is 0.252 e. The summed E-state index contributed by atoms with van der Waals surface area (Å²) in [6.07, 6.45) is -2.81. The van der Waals surface area contributed by atoms with Crippen molar-refractivity contribution in [1.29, 1.82) is 0 Å². The molecule has 21 heavy (non-hydrogen) atoms. The van der Waals surface area contributed by atoms with Crippen LogP contribution in [0, 0.1) is 0 Å². The van der Waals surface area contributed by atoms with Gasteiger partial charge in [0.05, 0.1) is 18.9 Å². The lowest BCUT2D eigenvalue weighted by molar-refractivity contribution is 0.113. The number of aliphatic hydroxyl groups excluding tert-OH is 1. The largest absolute Gasteiger partial charge is 0.395 e. The topological polar surface area (TPSA) is 83.6 Å². The Kier molecular flexibility index (Phi) is 6.59. The van der Waals surface area contributed by atoms with E-state index in [0.29, 0.717) is 15.4 Å². The van der Waals surface area contributed by atoms with Crippen molar-refractivity contribution >= 4 is 27.2 Å². The lowest BCUT2D eigenvalue weighted by Crippen LogP contribution is -2.38. The highest BCUT2D eigenvalue weighted by Crippen LogP contribution is 2.14. The van der Waals surface area contributed by atoms with Gasteiger partial charge in [-0.05, 0) is 11.6 Å². The summed E-state index contributed by atoms with van der Waals surface area (Å²) >= 11 is 4.80. The van der Waals surface area contributed by atoms with E-state index < -0.39 is 35.4 Å². The second kappa shape index (κ2) is 7.74. The predicted molar refractivity (Wildman–Crippen MR) is 79.6 cm³/mol. The minimum Gasteiger partial charge on any atom is -0.395 e. The van der Waals surface area contributed by atoms with E-state index in [0.717, 1.165) is 0 Å². The second-order valence-electron chi connectivity index (χ2n) is 4.29. The van der Waals surface area contributed by atoms with Gasteiger partial charge in [0.15, 0.2) is 0 Å². The molecule has 0 unspecified atom stereocenters. The van der Waals surface area contributed by atoms with Crippen LogP contribution < -0.4 is 5.73 Å². The van der Waals surface area contributed by atoms with Gasteiger partial charge in [-0.3, -0.25) is 0 Å². The number of nitrogens with two attached hydrogens (primary N) is 1. The Hall–Kier alpha value is -1.16. The van der Waals surface area contributed by atoms with Crippen LogP contribution in [0.15, 0.2) is 24.3 Å². The molecule has 5 nitrogen and oxygen atoms in total. The van der Waals surface area contributed by atoms with Gasteiger partial charge in [0, 0.05) is 12.1 Å². The van der Waals surface area contributed by atoms with Crippen molar-refractivity contribution in [2.45, 2.75) is 12.2 Å². The van der Waals surface area contributed by atoms with E-state index in [-0.39, 0.29) is 11.5 Å². The lowest BCUT2D eigenvalue weighted by atomic mass is 10.1. The molecule has 0 heterocycles. The molecule has 0 aliphatic carbocycles. The van der Waals surface area contributed by atoms with Crippen molar-refractivity contribution in [2.24, 2.45) is 5.73 Å². The molecule has 0 amide bonds. The fourth-order valence-electron chi connectivity index (χ4n) is 1.73. The van der Waals surface area contributed by atoms with E-state index in [4.69, 9.17) is 23.1 Å². The summed E-state index contributed by atoms with van der Waals surface area (Å²) in [5, 5.41) is 8.81. The Morgan fingerprint density at radius 3 is 2.62 bits per heavy atom. The summed E-state index contributed by atoms with van der Waals surface area (Å²) < 4.78 is 49.7. The number of rotatable bonds is 8. The Morgan fingerprint density at radius 2 is 2.10 bits per heavy atom. The molecule has 0 atom stereocenters. The molecule has 9 heteroatoms. The molecule has 0 radical (unpaired) electrons. The van der Waals surface area contributed by atoms with Gasteiger partial charge in [-0.2, -0.15) is 4.31 Å². The quantitative estimate of drug-likeness (QED) is 0.682. The first-order valence-corrected chi connectivity index (χ1v) is 8.03. The molecule has 0 bridgehead atoms.